The van der Waals surface area contributed by atoms with Crippen molar-refractivity contribution in [2.75, 3.05) is 6.61 Å². The van der Waals surface area contributed by atoms with Crippen LogP contribution in [0.5, 0.6) is 5.75 Å². The van der Waals surface area contributed by atoms with Gasteiger partial charge in [0, 0.05) is 6.08 Å². The van der Waals surface area contributed by atoms with Crippen molar-refractivity contribution in [2.45, 2.75) is 43.9 Å². The van der Waals surface area contributed by atoms with Gasteiger partial charge in [0.1, 0.15) is 11.3 Å². The summed E-state index contributed by atoms with van der Waals surface area (Å²) >= 11 is 0. The minimum absolute atomic E-state index is 0.114. The molecule has 0 saturated heterocycles. The van der Waals surface area contributed by atoms with Crippen molar-refractivity contribution in [2.24, 2.45) is 10.2 Å². The zero-order chi connectivity index (χ0) is 30.7. The average molecular weight is 595 g/mol. The van der Waals surface area contributed by atoms with Gasteiger partial charge in [-0.3, -0.25) is 4.55 Å². The molecule has 2 N–H and O–H groups in total. The van der Waals surface area contributed by atoms with Gasteiger partial charge in [0.2, 0.25) is 0 Å². The fourth-order valence-corrected chi connectivity index (χ4v) is 4.61. The summed E-state index contributed by atoms with van der Waals surface area (Å²) in [6.45, 7) is 5.22. The second-order valence-electron chi connectivity index (χ2n) is 9.23. The molecule has 3 aromatic carbocycles. The molecule has 0 amide bonds. The zero-order valence-electron chi connectivity index (χ0n) is 22.9. The standard InChI is InChI=1S/C30H30N2O9S/c1-3-28(33)40-17-7-5-4-6-8-21-10-12-22(13-11-21)30(36)41-26-16-15-23(18-25(26)29(34)35)31-32-24-14-9-20(2)27(19-24)42(37,38)39/h3,9-16,18-19H,1,4-8,17H2,2H3,(H,34,35)(H,37,38,39). The van der Waals surface area contributed by atoms with E-state index in [0.29, 0.717) is 12.2 Å². The Morgan fingerprint density at radius 2 is 1.55 bits per heavy atom. The Morgan fingerprint density at radius 1 is 0.905 bits per heavy atom. The van der Waals surface area contributed by atoms with Crippen LogP contribution in [-0.2, 0) is 26.1 Å². The molecule has 0 unspecified atom stereocenters. The lowest BCUT2D eigenvalue weighted by molar-refractivity contribution is -0.137. The quantitative estimate of drug-likeness (QED) is 0.0535. The number of rotatable bonds is 14. The molecule has 0 aliphatic carbocycles. The Labute approximate surface area is 243 Å². The van der Waals surface area contributed by atoms with Crippen LogP contribution >= 0.6 is 0 Å². The van der Waals surface area contributed by atoms with Gasteiger partial charge >= 0.3 is 17.9 Å². The summed E-state index contributed by atoms with van der Waals surface area (Å²) in [5.74, 6) is -2.69. The van der Waals surface area contributed by atoms with Gasteiger partial charge in [-0.2, -0.15) is 18.6 Å². The molecule has 11 nitrogen and oxygen atoms in total. The summed E-state index contributed by atoms with van der Waals surface area (Å²) < 4.78 is 42.7. The van der Waals surface area contributed by atoms with Gasteiger partial charge in [-0.1, -0.05) is 37.6 Å². The molecule has 42 heavy (non-hydrogen) atoms. The number of azo groups is 1. The summed E-state index contributed by atoms with van der Waals surface area (Å²) in [5.41, 5.74) is 1.51. The molecule has 3 rings (SSSR count). The van der Waals surface area contributed by atoms with E-state index in [2.05, 4.69) is 16.8 Å². The van der Waals surface area contributed by atoms with Crippen molar-refractivity contribution in [1.82, 2.24) is 0 Å². The van der Waals surface area contributed by atoms with Crippen LogP contribution in [0.2, 0.25) is 0 Å². The Balaban J connectivity index is 1.60. The van der Waals surface area contributed by atoms with E-state index in [1.165, 1.54) is 37.3 Å². The predicted molar refractivity (Wildman–Crippen MR) is 153 cm³/mol. The molecule has 0 fully saturated rings. The molecule has 0 bridgehead atoms. The summed E-state index contributed by atoms with van der Waals surface area (Å²) in [4.78, 5) is 35.2. The first-order valence-electron chi connectivity index (χ1n) is 13.0. The Bertz CT molecular complexity index is 1600. The Morgan fingerprint density at radius 3 is 2.19 bits per heavy atom. The summed E-state index contributed by atoms with van der Waals surface area (Å²) in [7, 11) is -4.45. The average Bonchev–Trinajstić information content (AvgIpc) is 2.96. The van der Waals surface area contributed by atoms with E-state index in [1.54, 1.807) is 12.1 Å². The fourth-order valence-electron chi connectivity index (χ4n) is 3.86. The van der Waals surface area contributed by atoms with E-state index < -0.39 is 28.0 Å². The highest BCUT2D eigenvalue weighted by Crippen LogP contribution is 2.28. The maximum atomic E-state index is 12.7. The van der Waals surface area contributed by atoms with E-state index in [1.807, 2.05) is 12.1 Å². The second-order valence-corrected chi connectivity index (χ2v) is 10.6. The van der Waals surface area contributed by atoms with Crippen molar-refractivity contribution in [3.8, 4) is 5.75 Å². The van der Waals surface area contributed by atoms with Crippen molar-refractivity contribution in [1.29, 1.82) is 0 Å². The molecular weight excluding hydrogens is 564 g/mol. The van der Waals surface area contributed by atoms with Gasteiger partial charge in [-0.15, -0.1) is 0 Å². The van der Waals surface area contributed by atoms with Gasteiger partial charge in [-0.05, 0) is 79.8 Å². The van der Waals surface area contributed by atoms with E-state index in [4.69, 9.17) is 9.47 Å². The normalized spacial score (nSPS) is 11.3. The lowest BCUT2D eigenvalue weighted by Gasteiger charge is -2.09. The van der Waals surface area contributed by atoms with E-state index in [0.717, 1.165) is 49.8 Å². The van der Waals surface area contributed by atoms with E-state index >= 15 is 0 Å². The molecule has 0 radical (unpaired) electrons. The number of carbonyl (C=O) groups excluding carboxylic acids is 2. The van der Waals surface area contributed by atoms with Crippen LogP contribution in [0.15, 0.2) is 88.4 Å². The minimum Gasteiger partial charge on any atom is -0.478 e. The van der Waals surface area contributed by atoms with Gasteiger partial charge in [0.25, 0.3) is 10.1 Å². The number of nitrogens with zero attached hydrogens (tertiary/aromatic N) is 2. The van der Waals surface area contributed by atoms with Crippen molar-refractivity contribution < 1.29 is 41.9 Å². The van der Waals surface area contributed by atoms with E-state index in [-0.39, 0.29) is 33.1 Å². The number of carboxylic acids is 1. The highest BCUT2D eigenvalue weighted by atomic mass is 32.2. The number of benzene rings is 3. The van der Waals surface area contributed by atoms with Crippen LogP contribution in [0.25, 0.3) is 0 Å². The molecule has 0 aliphatic heterocycles. The van der Waals surface area contributed by atoms with Crippen LogP contribution in [0.1, 0.15) is 57.5 Å². The first-order chi connectivity index (χ1) is 20.0. The summed E-state index contributed by atoms with van der Waals surface area (Å²) in [6.07, 6.45) is 5.52. The molecular formula is C30H30N2O9S. The largest absolute Gasteiger partial charge is 0.478 e. The number of carbonyl (C=O) groups is 3. The third-order valence-corrected chi connectivity index (χ3v) is 7.08. The van der Waals surface area contributed by atoms with Crippen LogP contribution in [0, 0.1) is 6.92 Å². The minimum atomic E-state index is -4.45. The van der Waals surface area contributed by atoms with E-state index in [9.17, 15) is 32.5 Å². The number of unbranched alkanes of at least 4 members (excludes halogenated alkanes) is 3. The van der Waals surface area contributed by atoms with Crippen LogP contribution in [0.4, 0.5) is 11.4 Å². The fraction of sp³-hybridized carbons (Fsp3) is 0.233. The van der Waals surface area contributed by atoms with Crippen molar-refractivity contribution in [3.63, 3.8) is 0 Å². The number of hydrogen-bond donors (Lipinski definition) is 2. The summed E-state index contributed by atoms with van der Waals surface area (Å²) in [6, 6.07) is 14.7. The van der Waals surface area contributed by atoms with Crippen LogP contribution in [0.3, 0.4) is 0 Å². The number of aromatic carboxylic acids is 1. The lowest BCUT2D eigenvalue weighted by Crippen LogP contribution is -2.11. The SMILES string of the molecule is C=CC(=O)OCCCCCCc1ccc(C(=O)Oc2ccc(N=Nc3ccc(C)c(S(=O)(=O)O)c3)cc2C(=O)O)cc1. The smallest absolute Gasteiger partial charge is 0.343 e. The first kappa shape index (κ1) is 31.8. The Hall–Kier alpha value is -4.68. The molecule has 0 spiro atoms. The molecule has 0 heterocycles. The maximum Gasteiger partial charge on any atom is 0.343 e. The number of ether oxygens (including phenoxy) is 2. The topological polar surface area (TPSA) is 169 Å². The number of aryl methyl sites for hydroxylation is 2. The molecule has 0 aromatic heterocycles. The Kier molecular flexibility index (Phi) is 11.2. The molecule has 0 atom stereocenters. The highest BCUT2D eigenvalue weighted by Gasteiger charge is 2.17. The molecule has 0 saturated carbocycles. The number of hydrogen-bond acceptors (Lipinski definition) is 9. The van der Waals surface area contributed by atoms with Crippen molar-refractivity contribution >= 4 is 39.4 Å². The third-order valence-electron chi connectivity index (χ3n) is 6.09. The van der Waals surface area contributed by atoms with Gasteiger partial charge in [-0.25, -0.2) is 14.4 Å². The third kappa shape index (κ3) is 9.46. The van der Waals surface area contributed by atoms with Gasteiger partial charge < -0.3 is 14.6 Å². The lowest BCUT2D eigenvalue weighted by atomic mass is 10.0. The molecule has 0 aliphatic rings. The molecule has 3 aromatic rings. The molecule has 220 valence electrons. The predicted octanol–water partition coefficient (Wildman–Crippen LogP) is 6.41. The summed E-state index contributed by atoms with van der Waals surface area (Å²) in [5, 5.41) is 17.5. The zero-order valence-corrected chi connectivity index (χ0v) is 23.7. The van der Waals surface area contributed by atoms with Crippen LogP contribution < -0.4 is 4.74 Å². The highest BCUT2D eigenvalue weighted by molar-refractivity contribution is 7.85. The van der Waals surface area contributed by atoms with Crippen molar-refractivity contribution in [3.05, 3.63) is 95.6 Å². The van der Waals surface area contributed by atoms with Crippen LogP contribution in [-0.4, -0.2) is 42.6 Å². The van der Waals surface area contributed by atoms with Gasteiger partial charge in [0.05, 0.1) is 28.4 Å². The number of esters is 2. The monoisotopic (exact) mass is 594 g/mol. The van der Waals surface area contributed by atoms with Gasteiger partial charge in [0.15, 0.2) is 0 Å². The second kappa shape index (κ2) is 14.8. The molecule has 12 heteroatoms. The first-order valence-corrected chi connectivity index (χ1v) is 14.4. The number of carboxylic acid groups (broad SMARTS) is 1. The maximum absolute atomic E-state index is 12.7.